The molecule has 0 radical (unpaired) electrons. The molecule has 0 saturated carbocycles. The Labute approximate surface area is 166 Å². The number of amides is 1. The van der Waals surface area contributed by atoms with E-state index in [2.05, 4.69) is 22.3 Å². The first-order chi connectivity index (χ1) is 13.5. The second-order valence-corrected chi connectivity index (χ2v) is 8.97. The standard InChI is InChI=1S/C21H26N2O4S/c24-21(22-12-7-15-28(25,26)19-10-5-2-6-11-19)20-17-23(13-14-27-20)16-18-8-3-1-4-9-18/h1-6,8-11,20H,7,12-17H2,(H,22,24). The Bertz CT molecular complexity index is 856. The van der Waals surface area contributed by atoms with Crippen molar-refractivity contribution in [3.63, 3.8) is 0 Å². The van der Waals surface area contributed by atoms with Crippen molar-refractivity contribution in [3.05, 3.63) is 66.2 Å². The lowest BCUT2D eigenvalue weighted by Crippen LogP contribution is -2.49. The van der Waals surface area contributed by atoms with Crippen LogP contribution in [0.5, 0.6) is 0 Å². The van der Waals surface area contributed by atoms with Gasteiger partial charge in [0.2, 0.25) is 5.91 Å². The molecule has 1 amide bonds. The summed E-state index contributed by atoms with van der Waals surface area (Å²) >= 11 is 0. The lowest BCUT2D eigenvalue weighted by molar-refractivity contribution is -0.138. The third-order valence-electron chi connectivity index (χ3n) is 4.68. The highest BCUT2D eigenvalue weighted by Gasteiger charge is 2.26. The van der Waals surface area contributed by atoms with Gasteiger partial charge in [0.25, 0.3) is 0 Å². The van der Waals surface area contributed by atoms with E-state index < -0.39 is 15.9 Å². The van der Waals surface area contributed by atoms with Gasteiger partial charge in [-0.15, -0.1) is 0 Å². The predicted molar refractivity (Wildman–Crippen MR) is 108 cm³/mol. The third-order valence-corrected chi connectivity index (χ3v) is 6.50. The fourth-order valence-corrected chi connectivity index (χ4v) is 4.51. The van der Waals surface area contributed by atoms with E-state index in [0.29, 0.717) is 31.0 Å². The summed E-state index contributed by atoms with van der Waals surface area (Å²) in [6.07, 6.45) is -0.160. The van der Waals surface area contributed by atoms with Crippen LogP contribution in [-0.4, -0.2) is 57.3 Å². The summed E-state index contributed by atoms with van der Waals surface area (Å²) in [4.78, 5) is 14.9. The van der Waals surface area contributed by atoms with Crippen molar-refractivity contribution in [1.82, 2.24) is 10.2 Å². The number of benzene rings is 2. The molecular formula is C21H26N2O4S. The van der Waals surface area contributed by atoms with E-state index >= 15 is 0 Å². The van der Waals surface area contributed by atoms with E-state index in [-0.39, 0.29) is 11.7 Å². The highest BCUT2D eigenvalue weighted by atomic mass is 32.2. The number of sulfone groups is 1. The van der Waals surface area contributed by atoms with Gasteiger partial charge in [0, 0.05) is 26.2 Å². The third kappa shape index (κ3) is 5.89. The van der Waals surface area contributed by atoms with Gasteiger partial charge in [-0.1, -0.05) is 48.5 Å². The van der Waals surface area contributed by atoms with Crippen molar-refractivity contribution < 1.29 is 17.9 Å². The van der Waals surface area contributed by atoms with Crippen LogP contribution in [-0.2, 0) is 25.9 Å². The Morgan fingerprint density at radius 1 is 1.07 bits per heavy atom. The van der Waals surface area contributed by atoms with Crippen molar-refractivity contribution in [2.45, 2.75) is 24.0 Å². The summed E-state index contributed by atoms with van der Waals surface area (Å²) in [5.74, 6) is -0.182. The SMILES string of the molecule is O=C(NCCCS(=O)(=O)c1ccccc1)C1CN(Cc2ccccc2)CCO1. The van der Waals surface area contributed by atoms with Gasteiger partial charge in [-0.2, -0.15) is 0 Å². The normalized spacial score (nSPS) is 17.9. The second kappa shape index (κ2) is 9.82. The molecule has 2 aromatic rings. The van der Waals surface area contributed by atoms with Gasteiger partial charge < -0.3 is 10.1 Å². The van der Waals surface area contributed by atoms with E-state index in [1.165, 1.54) is 5.56 Å². The molecule has 1 saturated heterocycles. The highest BCUT2D eigenvalue weighted by Crippen LogP contribution is 2.12. The summed E-state index contributed by atoms with van der Waals surface area (Å²) in [5.41, 5.74) is 1.20. The van der Waals surface area contributed by atoms with Crippen molar-refractivity contribution >= 4 is 15.7 Å². The van der Waals surface area contributed by atoms with E-state index in [1.54, 1.807) is 30.3 Å². The highest BCUT2D eigenvalue weighted by molar-refractivity contribution is 7.91. The van der Waals surface area contributed by atoms with Crippen LogP contribution in [0.1, 0.15) is 12.0 Å². The zero-order valence-electron chi connectivity index (χ0n) is 15.8. The molecule has 6 nitrogen and oxygen atoms in total. The number of nitrogens with zero attached hydrogens (tertiary/aromatic N) is 1. The molecule has 0 aliphatic carbocycles. The van der Waals surface area contributed by atoms with Crippen LogP contribution in [0.3, 0.4) is 0 Å². The van der Waals surface area contributed by atoms with Gasteiger partial charge >= 0.3 is 0 Å². The number of hydrogen-bond acceptors (Lipinski definition) is 5. The molecule has 0 spiro atoms. The molecule has 7 heteroatoms. The Kier molecular flexibility index (Phi) is 7.19. The lowest BCUT2D eigenvalue weighted by atomic mass is 10.2. The predicted octanol–water partition coefficient (Wildman–Crippen LogP) is 1.87. The molecule has 1 aliphatic rings. The number of rotatable bonds is 8. The van der Waals surface area contributed by atoms with E-state index in [9.17, 15) is 13.2 Å². The van der Waals surface area contributed by atoms with Crippen molar-refractivity contribution in [2.75, 3.05) is 32.0 Å². The minimum Gasteiger partial charge on any atom is -0.366 e. The van der Waals surface area contributed by atoms with E-state index in [0.717, 1.165) is 13.1 Å². The Hall–Kier alpha value is -2.22. The number of hydrogen-bond donors (Lipinski definition) is 1. The summed E-state index contributed by atoms with van der Waals surface area (Å²) < 4.78 is 30.1. The fraction of sp³-hybridized carbons (Fsp3) is 0.381. The smallest absolute Gasteiger partial charge is 0.250 e. The molecule has 1 atom stereocenters. The first-order valence-corrected chi connectivity index (χ1v) is 11.1. The quantitative estimate of drug-likeness (QED) is 0.682. The van der Waals surface area contributed by atoms with Crippen molar-refractivity contribution in [3.8, 4) is 0 Å². The molecular weight excluding hydrogens is 376 g/mol. The van der Waals surface area contributed by atoms with Gasteiger partial charge in [-0.25, -0.2) is 8.42 Å². The first kappa shape index (κ1) is 20.5. The van der Waals surface area contributed by atoms with Crippen LogP contribution in [0.25, 0.3) is 0 Å². The molecule has 0 aromatic heterocycles. The monoisotopic (exact) mass is 402 g/mol. The summed E-state index contributed by atoms with van der Waals surface area (Å²) in [6.45, 7) is 2.91. The molecule has 0 bridgehead atoms. The van der Waals surface area contributed by atoms with Crippen molar-refractivity contribution in [1.29, 1.82) is 0 Å². The maximum Gasteiger partial charge on any atom is 0.250 e. The number of carbonyl (C=O) groups is 1. The molecule has 2 aromatic carbocycles. The van der Waals surface area contributed by atoms with Crippen molar-refractivity contribution in [2.24, 2.45) is 0 Å². The molecule has 3 rings (SSSR count). The average Bonchev–Trinajstić information content (AvgIpc) is 2.73. The number of carbonyl (C=O) groups excluding carboxylic acids is 1. The molecule has 1 unspecified atom stereocenters. The zero-order chi connectivity index (χ0) is 19.8. The molecule has 28 heavy (non-hydrogen) atoms. The van der Waals surface area contributed by atoms with Gasteiger partial charge in [-0.05, 0) is 24.1 Å². The van der Waals surface area contributed by atoms with E-state index in [1.807, 2.05) is 18.2 Å². The molecule has 1 aliphatic heterocycles. The molecule has 150 valence electrons. The van der Waals surface area contributed by atoms with Crippen LogP contribution in [0, 0.1) is 0 Å². The fourth-order valence-electron chi connectivity index (χ4n) is 3.18. The summed E-state index contributed by atoms with van der Waals surface area (Å²) in [7, 11) is -3.32. The summed E-state index contributed by atoms with van der Waals surface area (Å²) in [5, 5.41) is 2.81. The maximum atomic E-state index is 12.4. The first-order valence-electron chi connectivity index (χ1n) is 9.48. The van der Waals surface area contributed by atoms with E-state index in [4.69, 9.17) is 4.74 Å². The number of morpholine rings is 1. The minimum absolute atomic E-state index is 0.00293. The topological polar surface area (TPSA) is 75.7 Å². The molecule has 1 heterocycles. The molecule has 1 N–H and O–H groups in total. The van der Waals surface area contributed by atoms with Gasteiger partial charge in [0.1, 0.15) is 6.10 Å². The molecule has 1 fully saturated rings. The maximum absolute atomic E-state index is 12.4. The zero-order valence-corrected chi connectivity index (χ0v) is 16.6. The van der Waals surface area contributed by atoms with Crippen LogP contribution < -0.4 is 5.32 Å². The van der Waals surface area contributed by atoms with Gasteiger partial charge in [0.15, 0.2) is 9.84 Å². The van der Waals surface area contributed by atoms with Crippen LogP contribution in [0.4, 0.5) is 0 Å². The Balaban J connectivity index is 1.42. The Morgan fingerprint density at radius 2 is 1.75 bits per heavy atom. The van der Waals surface area contributed by atoms with Crippen LogP contribution in [0.2, 0.25) is 0 Å². The summed E-state index contributed by atoms with van der Waals surface area (Å²) in [6, 6.07) is 18.5. The average molecular weight is 403 g/mol. The number of nitrogens with one attached hydrogen (secondary N) is 1. The minimum atomic E-state index is -3.32. The van der Waals surface area contributed by atoms with Gasteiger partial charge in [0.05, 0.1) is 17.3 Å². The van der Waals surface area contributed by atoms with Crippen LogP contribution >= 0.6 is 0 Å². The van der Waals surface area contributed by atoms with Gasteiger partial charge in [-0.3, -0.25) is 9.69 Å². The Morgan fingerprint density at radius 3 is 2.46 bits per heavy atom. The largest absolute Gasteiger partial charge is 0.366 e. The second-order valence-electron chi connectivity index (χ2n) is 6.86. The van der Waals surface area contributed by atoms with Crippen LogP contribution in [0.15, 0.2) is 65.6 Å². The lowest BCUT2D eigenvalue weighted by Gasteiger charge is -2.32. The number of ether oxygens (including phenoxy) is 1.